The molecule has 1 N–H and O–H groups in total. The number of oxazole rings is 1. The Bertz CT molecular complexity index is 1270. The number of carbonyl (C=O) groups excluding carboxylic acids is 1. The molecular formula is C26H24Cl2N2O3. The number of fused-ring (bicyclic) bond motifs is 1. The maximum Gasteiger partial charge on any atom is 0.262 e. The van der Waals surface area contributed by atoms with Gasteiger partial charge in [0.15, 0.2) is 18.1 Å². The fourth-order valence-electron chi connectivity index (χ4n) is 3.51. The maximum absolute atomic E-state index is 12.3. The number of nitrogens with one attached hydrogen (secondary N) is 1. The standard InChI is InChI=1S/C26H24Cl2N2O3/c1-15(2)18-6-9-23-22(12-18)30-25(33-23)11-17-4-7-20(8-5-17)29-24(31)14-32-26-16(3)10-19(27)13-21(26)28/h4-10,12-13,15H,11,14H2,1-3H3,(H,29,31). The Morgan fingerprint density at radius 2 is 1.85 bits per heavy atom. The molecule has 0 aliphatic carbocycles. The Morgan fingerprint density at radius 3 is 2.55 bits per heavy atom. The second-order valence-corrected chi connectivity index (χ2v) is 9.08. The van der Waals surface area contributed by atoms with Gasteiger partial charge >= 0.3 is 0 Å². The van der Waals surface area contributed by atoms with Gasteiger partial charge in [-0.2, -0.15) is 0 Å². The summed E-state index contributed by atoms with van der Waals surface area (Å²) in [6.45, 7) is 5.97. The minimum atomic E-state index is -0.284. The summed E-state index contributed by atoms with van der Waals surface area (Å²) in [7, 11) is 0. The van der Waals surface area contributed by atoms with Crippen LogP contribution in [0.5, 0.6) is 5.75 Å². The average Bonchev–Trinajstić information content (AvgIpc) is 3.15. The molecule has 3 aromatic carbocycles. The first-order valence-electron chi connectivity index (χ1n) is 10.6. The third-order valence-electron chi connectivity index (χ3n) is 5.26. The highest BCUT2D eigenvalue weighted by molar-refractivity contribution is 6.35. The van der Waals surface area contributed by atoms with Gasteiger partial charge in [-0.1, -0.05) is 55.2 Å². The highest BCUT2D eigenvalue weighted by Crippen LogP contribution is 2.31. The van der Waals surface area contributed by atoms with Gasteiger partial charge in [-0.05, 0) is 65.9 Å². The van der Waals surface area contributed by atoms with E-state index in [1.165, 1.54) is 5.56 Å². The van der Waals surface area contributed by atoms with E-state index in [4.69, 9.17) is 32.4 Å². The summed E-state index contributed by atoms with van der Waals surface area (Å²) in [6, 6.07) is 17.0. The second-order valence-electron chi connectivity index (χ2n) is 8.23. The number of carbonyl (C=O) groups is 1. The van der Waals surface area contributed by atoms with Crippen molar-refractivity contribution in [3.05, 3.63) is 87.2 Å². The van der Waals surface area contributed by atoms with Crippen LogP contribution in [-0.4, -0.2) is 17.5 Å². The lowest BCUT2D eigenvalue weighted by Gasteiger charge is -2.12. The van der Waals surface area contributed by atoms with Crippen LogP contribution in [0.4, 0.5) is 5.69 Å². The lowest BCUT2D eigenvalue weighted by atomic mass is 10.0. The average molecular weight is 483 g/mol. The van der Waals surface area contributed by atoms with E-state index >= 15 is 0 Å². The number of anilines is 1. The van der Waals surface area contributed by atoms with Crippen LogP contribution in [0.3, 0.4) is 0 Å². The number of rotatable bonds is 7. The molecule has 1 aromatic heterocycles. The molecule has 0 atom stereocenters. The molecule has 5 nitrogen and oxygen atoms in total. The van der Waals surface area contributed by atoms with Gasteiger partial charge in [0.1, 0.15) is 11.3 Å². The molecule has 0 spiro atoms. The Hall–Kier alpha value is -3.02. The summed E-state index contributed by atoms with van der Waals surface area (Å²) in [5.74, 6) is 1.26. The number of hydrogen-bond acceptors (Lipinski definition) is 4. The zero-order chi connectivity index (χ0) is 23.5. The number of amides is 1. The quantitative estimate of drug-likeness (QED) is 0.303. The van der Waals surface area contributed by atoms with E-state index in [0.717, 1.165) is 22.2 Å². The van der Waals surface area contributed by atoms with E-state index in [9.17, 15) is 4.79 Å². The summed E-state index contributed by atoms with van der Waals surface area (Å²) in [4.78, 5) is 16.9. The molecule has 33 heavy (non-hydrogen) atoms. The fraction of sp³-hybridized carbons (Fsp3) is 0.231. The van der Waals surface area contributed by atoms with Crippen molar-refractivity contribution in [3.63, 3.8) is 0 Å². The monoisotopic (exact) mass is 482 g/mol. The molecule has 4 aromatic rings. The first kappa shape index (κ1) is 23.1. The van der Waals surface area contributed by atoms with Gasteiger partial charge in [-0.3, -0.25) is 4.79 Å². The smallest absolute Gasteiger partial charge is 0.262 e. The molecule has 1 heterocycles. The van der Waals surface area contributed by atoms with Crippen LogP contribution in [0.15, 0.2) is 59.0 Å². The second kappa shape index (κ2) is 9.86. The minimum absolute atomic E-state index is 0.161. The van der Waals surface area contributed by atoms with Crippen LogP contribution >= 0.6 is 23.2 Å². The fourth-order valence-corrected chi connectivity index (χ4v) is 4.16. The maximum atomic E-state index is 12.3. The number of nitrogens with zero attached hydrogens (tertiary/aromatic N) is 1. The number of benzene rings is 3. The van der Waals surface area contributed by atoms with Crippen molar-refractivity contribution in [1.29, 1.82) is 0 Å². The zero-order valence-electron chi connectivity index (χ0n) is 18.6. The van der Waals surface area contributed by atoms with Crippen LogP contribution in [0.1, 0.15) is 42.3 Å². The molecule has 7 heteroatoms. The number of ether oxygens (including phenoxy) is 1. The first-order valence-corrected chi connectivity index (χ1v) is 11.4. The predicted octanol–water partition coefficient (Wildman–Crippen LogP) is 7.17. The molecule has 0 fully saturated rings. The number of hydrogen-bond donors (Lipinski definition) is 1. The van der Waals surface area contributed by atoms with Gasteiger partial charge in [0.25, 0.3) is 5.91 Å². The zero-order valence-corrected chi connectivity index (χ0v) is 20.1. The Morgan fingerprint density at radius 1 is 1.09 bits per heavy atom. The number of halogens is 2. The SMILES string of the molecule is Cc1cc(Cl)cc(Cl)c1OCC(=O)Nc1ccc(Cc2nc3cc(C(C)C)ccc3o2)cc1. The van der Waals surface area contributed by atoms with Crippen LogP contribution in [0, 0.1) is 6.92 Å². The van der Waals surface area contributed by atoms with Crippen molar-refractivity contribution >= 4 is 45.9 Å². The molecule has 0 unspecified atom stereocenters. The van der Waals surface area contributed by atoms with Crippen molar-refractivity contribution in [2.24, 2.45) is 0 Å². The third-order valence-corrected chi connectivity index (χ3v) is 5.76. The van der Waals surface area contributed by atoms with Crippen LogP contribution in [-0.2, 0) is 11.2 Å². The molecule has 0 saturated heterocycles. The van der Waals surface area contributed by atoms with E-state index in [-0.39, 0.29) is 12.5 Å². The van der Waals surface area contributed by atoms with E-state index in [0.29, 0.717) is 39.7 Å². The highest BCUT2D eigenvalue weighted by Gasteiger charge is 2.12. The third kappa shape index (κ3) is 5.67. The molecular weight excluding hydrogens is 459 g/mol. The Kier molecular flexibility index (Phi) is 6.91. The minimum Gasteiger partial charge on any atom is -0.482 e. The van der Waals surface area contributed by atoms with Gasteiger partial charge < -0.3 is 14.5 Å². The molecule has 0 aliphatic rings. The van der Waals surface area contributed by atoms with Crippen LogP contribution < -0.4 is 10.1 Å². The van der Waals surface area contributed by atoms with Crippen molar-refractivity contribution < 1.29 is 13.9 Å². The Labute approximate surface area is 202 Å². The first-order chi connectivity index (χ1) is 15.8. The van der Waals surface area contributed by atoms with Crippen molar-refractivity contribution in [3.8, 4) is 5.75 Å². The van der Waals surface area contributed by atoms with E-state index in [2.05, 4.69) is 36.3 Å². The van der Waals surface area contributed by atoms with Crippen molar-refractivity contribution in [1.82, 2.24) is 4.98 Å². The van der Waals surface area contributed by atoms with Gasteiger partial charge in [0.2, 0.25) is 0 Å². The van der Waals surface area contributed by atoms with Gasteiger partial charge in [-0.15, -0.1) is 0 Å². The molecule has 170 valence electrons. The van der Waals surface area contributed by atoms with Gasteiger partial charge in [0, 0.05) is 17.1 Å². The largest absolute Gasteiger partial charge is 0.482 e. The van der Waals surface area contributed by atoms with E-state index in [1.807, 2.05) is 37.3 Å². The lowest BCUT2D eigenvalue weighted by Crippen LogP contribution is -2.20. The summed E-state index contributed by atoms with van der Waals surface area (Å²) < 4.78 is 11.5. The molecule has 0 bridgehead atoms. The van der Waals surface area contributed by atoms with Crippen molar-refractivity contribution in [2.75, 3.05) is 11.9 Å². The normalized spacial score (nSPS) is 11.2. The topological polar surface area (TPSA) is 64.4 Å². The number of aromatic nitrogens is 1. The molecule has 1 amide bonds. The predicted molar refractivity (Wildman–Crippen MR) is 133 cm³/mol. The highest BCUT2D eigenvalue weighted by atomic mass is 35.5. The molecule has 4 rings (SSSR count). The number of aryl methyl sites for hydroxylation is 1. The summed E-state index contributed by atoms with van der Waals surface area (Å²) in [5, 5.41) is 3.71. The van der Waals surface area contributed by atoms with Crippen LogP contribution in [0.2, 0.25) is 10.0 Å². The van der Waals surface area contributed by atoms with Gasteiger partial charge in [-0.25, -0.2) is 4.98 Å². The molecule has 0 aliphatic heterocycles. The van der Waals surface area contributed by atoms with E-state index in [1.54, 1.807) is 12.1 Å². The van der Waals surface area contributed by atoms with Crippen LogP contribution in [0.25, 0.3) is 11.1 Å². The van der Waals surface area contributed by atoms with E-state index < -0.39 is 0 Å². The molecule has 0 saturated carbocycles. The summed E-state index contributed by atoms with van der Waals surface area (Å²) >= 11 is 12.1. The summed E-state index contributed by atoms with van der Waals surface area (Å²) in [5.41, 5.74) is 5.36. The molecule has 0 radical (unpaired) electrons. The Balaban J connectivity index is 1.35. The lowest BCUT2D eigenvalue weighted by molar-refractivity contribution is -0.118. The van der Waals surface area contributed by atoms with Gasteiger partial charge in [0.05, 0.1) is 5.02 Å². The van der Waals surface area contributed by atoms with Crippen molar-refractivity contribution in [2.45, 2.75) is 33.1 Å². The summed E-state index contributed by atoms with van der Waals surface area (Å²) in [6.07, 6.45) is 0.567.